The summed E-state index contributed by atoms with van der Waals surface area (Å²) in [5.41, 5.74) is 5.23. The Balaban J connectivity index is 3.79. The van der Waals surface area contributed by atoms with E-state index in [2.05, 4.69) is 12.2 Å². The highest BCUT2D eigenvalue weighted by atomic mass is 16.5. The quantitative estimate of drug-likeness (QED) is 0.648. The minimum Gasteiger partial charge on any atom is -0.377 e. The van der Waals surface area contributed by atoms with Crippen LogP contribution in [-0.2, 0) is 9.53 Å². The second-order valence-electron chi connectivity index (χ2n) is 5.13. The third kappa shape index (κ3) is 8.16. The van der Waals surface area contributed by atoms with Crippen LogP contribution in [0.15, 0.2) is 0 Å². The maximum Gasteiger partial charge on any atom is 0.220 e. The third-order valence-corrected chi connectivity index (χ3v) is 3.20. The Hall–Kier alpha value is -0.610. The number of methoxy groups -OCH3 is 1. The molecule has 1 amide bonds. The van der Waals surface area contributed by atoms with Gasteiger partial charge in [0.05, 0.1) is 5.60 Å². The zero-order valence-electron chi connectivity index (χ0n) is 11.7. The van der Waals surface area contributed by atoms with Crippen molar-refractivity contribution < 1.29 is 9.53 Å². The molecule has 4 nitrogen and oxygen atoms in total. The maximum absolute atomic E-state index is 11.6. The summed E-state index contributed by atoms with van der Waals surface area (Å²) in [5, 5.41) is 2.90. The summed E-state index contributed by atoms with van der Waals surface area (Å²) in [7, 11) is 1.65. The minimum atomic E-state index is -0.295. The van der Waals surface area contributed by atoms with Gasteiger partial charge in [0, 0.05) is 20.1 Å². The number of nitrogens with two attached hydrogens (primary N) is 1. The average molecular weight is 244 g/mol. The van der Waals surface area contributed by atoms with E-state index in [1.807, 2.05) is 13.8 Å². The molecule has 3 N–H and O–H groups in total. The van der Waals surface area contributed by atoms with E-state index in [0.29, 0.717) is 25.4 Å². The molecule has 1 atom stereocenters. The summed E-state index contributed by atoms with van der Waals surface area (Å²) < 4.78 is 5.24. The van der Waals surface area contributed by atoms with Crippen molar-refractivity contribution >= 4 is 5.91 Å². The molecular weight excluding hydrogens is 216 g/mol. The van der Waals surface area contributed by atoms with Gasteiger partial charge in [-0.05, 0) is 39.2 Å². The van der Waals surface area contributed by atoms with Crippen molar-refractivity contribution in [1.82, 2.24) is 5.32 Å². The first-order valence-corrected chi connectivity index (χ1v) is 6.47. The number of carbonyl (C=O) groups excluding carboxylic acids is 1. The Morgan fingerprint density at radius 2 is 2.06 bits per heavy atom. The summed E-state index contributed by atoms with van der Waals surface area (Å²) >= 11 is 0. The van der Waals surface area contributed by atoms with Crippen molar-refractivity contribution in [2.24, 2.45) is 11.7 Å². The van der Waals surface area contributed by atoms with E-state index < -0.39 is 0 Å². The lowest BCUT2D eigenvalue weighted by Gasteiger charge is -2.23. The first-order chi connectivity index (χ1) is 7.95. The van der Waals surface area contributed by atoms with Gasteiger partial charge in [0.15, 0.2) is 0 Å². The summed E-state index contributed by atoms with van der Waals surface area (Å²) in [6, 6.07) is 0. The minimum absolute atomic E-state index is 0.102. The molecule has 0 aliphatic heterocycles. The van der Waals surface area contributed by atoms with Crippen LogP contribution in [0.2, 0.25) is 0 Å². The molecule has 0 aliphatic carbocycles. The van der Waals surface area contributed by atoms with Gasteiger partial charge < -0.3 is 15.8 Å². The molecule has 0 spiro atoms. The smallest absolute Gasteiger partial charge is 0.220 e. The first kappa shape index (κ1) is 16.4. The SMILES string of the molecule is CCC(CCN)CCC(=O)NCC(C)(C)OC. The number of amides is 1. The van der Waals surface area contributed by atoms with Crippen LogP contribution in [0.4, 0.5) is 0 Å². The van der Waals surface area contributed by atoms with E-state index in [-0.39, 0.29) is 11.5 Å². The number of ether oxygens (including phenoxy) is 1. The molecule has 4 heteroatoms. The molecule has 0 aromatic carbocycles. The van der Waals surface area contributed by atoms with Crippen molar-refractivity contribution in [3.8, 4) is 0 Å². The molecule has 0 fully saturated rings. The monoisotopic (exact) mass is 244 g/mol. The largest absolute Gasteiger partial charge is 0.377 e. The predicted molar refractivity (Wildman–Crippen MR) is 70.8 cm³/mol. The van der Waals surface area contributed by atoms with E-state index in [1.165, 1.54) is 0 Å². The van der Waals surface area contributed by atoms with Crippen LogP contribution in [0.5, 0.6) is 0 Å². The molecule has 102 valence electrons. The van der Waals surface area contributed by atoms with E-state index in [4.69, 9.17) is 10.5 Å². The van der Waals surface area contributed by atoms with Gasteiger partial charge in [-0.25, -0.2) is 0 Å². The Morgan fingerprint density at radius 1 is 1.41 bits per heavy atom. The Morgan fingerprint density at radius 3 is 2.53 bits per heavy atom. The number of nitrogens with one attached hydrogen (secondary N) is 1. The fourth-order valence-electron chi connectivity index (χ4n) is 1.60. The van der Waals surface area contributed by atoms with Crippen molar-refractivity contribution in [2.45, 2.75) is 52.1 Å². The lowest BCUT2D eigenvalue weighted by atomic mass is 9.96. The number of hydrogen-bond donors (Lipinski definition) is 2. The third-order valence-electron chi connectivity index (χ3n) is 3.20. The Kier molecular flexibility index (Phi) is 8.17. The number of hydrogen-bond acceptors (Lipinski definition) is 3. The van der Waals surface area contributed by atoms with E-state index in [0.717, 1.165) is 19.3 Å². The normalized spacial score (nSPS) is 13.5. The number of rotatable bonds is 9. The van der Waals surface area contributed by atoms with Gasteiger partial charge in [0.1, 0.15) is 0 Å². The Bertz CT molecular complexity index is 217. The van der Waals surface area contributed by atoms with Crippen molar-refractivity contribution in [3.63, 3.8) is 0 Å². The topological polar surface area (TPSA) is 64.4 Å². The molecule has 0 bridgehead atoms. The standard InChI is InChI=1S/C13H28N2O2/c1-5-11(8-9-14)6-7-12(16)15-10-13(2,3)17-4/h11H,5-10,14H2,1-4H3,(H,15,16). The van der Waals surface area contributed by atoms with Crippen LogP contribution in [0, 0.1) is 5.92 Å². The van der Waals surface area contributed by atoms with Gasteiger partial charge in [-0.1, -0.05) is 13.3 Å². The highest BCUT2D eigenvalue weighted by molar-refractivity contribution is 5.75. The van der Waals surface area contributed by atoms with Crippen LogP contribution in [0.1, 0.15) is 46.5 Å². The molecule has 0 saturated heterocycles. The number of carbonyl (C=O) groups is 1. The fourth-order valence-corrected chi connectivity index (χ4v) is 1.60. The Labute approximate surface area is 105 Å². The zero-order valence-corrected chi connectivity index (χ0v) is 11.7. The summed E-state index contributed by atoms with van der Waals surface area (Å²) in [6.45, 7) is 7.31. The van der Waals surface area contributed by atoms with Gasteiger partial charge in [0.25, 0.3) is 0 Å². The highest BCUT2D eigenvalue weighted by Gasteiger charge is 2.17. The van der Waals surface area contributed by atoms with Gasteiger partial charge in [-0.15, -0.1) is 0 Å². The second kappa shape index (κ2) is 8.48. The molecule has 0 heterocycles. The molecule has 0 saturated carbocycles. The van der Waals surface area contributed by atoms with Crippen LogP contribution >= 0.6 is 0 Å². The van der Waals surface area contributed by atoms with Crippen molar-refractivity contribution in [3.05, 3.63) is 0 Å². The molecule has 0 aliphatic rings. The fraction of sp³-hybridized carbons (Fsp3) is 0.923. The molecule has 0 rings (SSSR count). The molecular formula is C13H28N2O2. The van der Waals surface area contributed by atoms with Crippen LogP contribution in [-0.4, -0.2) is 31.7 Å². The van der Waals surface area contributed by atoms with Gasteiger partial charge in [-0.2, -0.15) is 0 Å². The first-order valence-electron chi connectivity index (χ1n) is 6.47. The van der Waals surface area contributed by atoms with E-state index in [1.54, 1.807) is 7.11 Å². The van der Waals surface area contributed by atoms with E-state index >= 15 is 0 Å². The second-order valence-corrected chi connectivity index (χ2v) is 5.13. The van der Waals surface area contributed by atoms with Crippen molar-refractivity contribution in [2.75, 3.05) is 20.2 Å². The maximum atomic E-state index is 11.6. The summed E-state index contributed by atoms with van der Waals surface area (Å²) in [4.78, 5) is 11.6. The summed E-state index contributed by atoms with van der Waals surface area (Å²) in [6.07, 6.45) is 3.60. The lowest BCUT2D eigenvalue weighted by Crippen LogP contribution is -2.39. The van der Waals surface area contributed by atoms with Gasteiger partial charge >= 0.3 is 0 Å². The van der Waals surface area contributed by atoms with Crippen LogP contribution in [0.3, 0.4) is 0 Å². The zero-order chi connectivity index (χ0) is 13.3. The molecule has 0 aromatic rings. The van der Waals surface area contributed by atoms with Gasteiger partial charge in [-0.3, -0.25) is 4.79 Å². The lowest BCUT2D eigenvalue weighted by molar-refractivity contribution is -0.122. The summed E-state index contributed by atoms with van der Waals surface area (Å²) in [5.74, 6) is 0.673. The molecule has 0 aromatic heterocycles. The predicted octanol–water partition coefficient (Wildman–Crippen LogP) is 1.68. The van der Waals surface area contributed by atoms with Crippen LogP contribution < -0.4 is 11.1 Å². The van der Waals surface area contributed by atoms with Crippen LogP contribution in [0.25, 0.3) is 0 Å². The van der Waals surface area contributed by atoms with E-state index in [9.17, 15) is 4.79 Å². The molecule has 1 unspecified atom stereocenters. The molecule has 17 heavy (non-hydrogen) atoms. The average Bonchev–Trinajstić information content (AvgIpc) is 2.32. The molecule has 0 radical (unpaired) electrons. The van der Waals surface area contributed by atoms with Gasteiger partial charge in [0.2, 0.25) is 5.91 Å². The highest BCUT2D eigenvalue weighted by Crippen LogP contribution is 2.14. The van der Waals surface area contributed by atoms with Crippen molar-refractivity contribution in [1.29, 1.82) is 0 Å².